The largest absolute Gasteiger partial charge is 0.383 e. The first-order valence-corrected chi connectivity index (χ1v) is 7.75. The highest BCUT2D eigenvalue weighted by Crippen LogP contribution is 2.12. The highest BCUT2D eigenvalue weighted by atomic mass is 127. The number of ether oxygens (including phenoxy) is 1. The molecule has 2 heterocycles. The van der Waals surface area contributed by atoms with Crippen LogP contribution in [0.25, 0.3) is 0 Å². The third kappa shape index (κ3) is 6.23. The van der Waals surface area contributed by atoms with Crippen molar-refractivity contribution in [3.05, 3.63) is 11.6 Å². The van der Waals surface area contributed by atoms with E-state index in [1.54, 1.807) is 14.2 Å². The maximum atomic E-state index is 11.7. The number of methoxy groups -OCH3 is 1. The molecule has 0 bridgehead atoms. The van der Waals surface area contributed by atoms with Crippen molar-refractivity contribution in [1.82, 2.24) is 30.7 Å². The number of nitrogens with one attached hydrogen (secondary N) is 3. The van der Waals surface area contributed by atoms with Crippen LogP contribution in [0, 0.1) is 6.92 Å². The number of amides is 1. The van der Waals surface area contributed by atoms with E-state index in [2.05, 4.69) is 31.0 Å². The normalized spacial score (nSPS) is 16.8. The number of guanidine groups is 1. The standard InChI is InChI=1S/C14H25N7O2.HI/c1-10-18-12-5-4-11(9-21(12)20-10)19-14(15-2)17-8-13(22)16-6-7-23-3;/h11H,4-9H2,1-3H3,(H,16,22)(H2,15,17,19);1H. The van der Waals surface area contributed by atoms with Crippen molar-refractivity contribution in [2.24, 2.45) is 4.99 Å². The molecule has 0 saturated heterocycles. The lowest BCUT2D eigenvalue weighted by atomic mass is 10.1. The molecule has 0 aromatic carbocycles. The second kappa shape index (κ2) is 10.4. The van der Waals surface area contributed by atoms with Crippen molar-refractivity contribution < 1.29 is 9.53 Å². The van der Waals surface area contributed by atoms with Crippen LogP contribution in [-0.4, -0.2) is 66.5 Å². The minimum absolute atomic E-state index is 0. The highest BCUT2D eigenvalue weighted by Gasteiger charge is 2.21. The second-order valence-corrected chi connectivity index (χ2v) is 5.41. The van der Waals surface area contributed by atoms with E-state index in [-0.39, 0.29) is 42.5 Å². The number of carbonyl (C=O) groups is 1. The van der Waals surface area contributed by atoms with E-state index in [0.29, 0.717) is 19.1 Å². The lowest BCUT2D eigenvalue weighted by molar-refractivity contribution is -0.120. The van der Waals surface area contributed by atoms with Crippen molar-refractivity contribution in [3.8, 4) is 0 Å². The number of fused-ring (bicyclic) bond motifs is 1. The van der Waals surface area contributed by atoms with Gasteiger partial charge >= 0.3 is 0 Å². The number of halogens is 1. The molecule has 1 aliphatic rings. The molecule has 1 aromatic heterocycles. The maximum absolute atomic E-state index is 11.7. The zero-order valence-electron chi connectivity index (χ0n) is 14.3. The summed E-state index contributed by atoms with van der Waals surface area (Å²) in [5.74, 6) is 2.34. The van der Waals surface area contributed by atoms with Gasteiger partial charge in [-0.25, -0.2) is 9.67 Å². The minimum Gasteiger partial charge on any atom is -0.383 e. The zero-order chi connectivity index (χ0) is 16.7. The molecule has 3 N–H and O–H groups in total. The molecule has 10 heteroatoms. The van der Waals surface area contributed by atoms with Crippen LogP contribution < -0.4 is 16.0 Å². The van der Waals surface area contributed by atoms with Gasteiger partial charge in [-0.3, -0.25) is 9.79 Å². The van der Waals surface area contributed by atoms with Crippen LogP contribution in [0.2, 0.25) is 0 Å². The molecule has 0 aliphatic carbocycles. The quantitative estimate of drug-likeness (QED) is 0.232. The van der Waals surface area contributed by atoms with Gasteiger partial charge in [-0.2, -0.15) is 5.10 Å². The molecule has 1 amide bonds. The molecule has 0 spiro atoms. The Morgan fingerprint density at radius 3 is 2.96 bits per heavy atom. The van der Waals surface area contributed by atoms with Gasteiger partial charge in [0.1, 0.15) is 11.6 Å². The first-order valence-electron chi connectivity index (χ1n) is 7.75. The van der Waals surface area contributed by atoms with E-state index in [1.807, 2.05) is 11.6 Å². The summed E-state index contributed by atoms with van der Waals surface area (Å²) in [6, 6.07) is 0.214. The molecule has 24 heavy (non-hydrogen) atoms. The molecular weight excluding hydrogens is 425 g/mol. The van der Waals surface area contributed by atoms with Crippen LogP contribution in [0.4, 0.5) is 0 Å². The fourth-order valence-corrected chi connectivity index (χ4v) is 2.46. The molecule has 0 radical (unpaired) electrons. The summed E-state index contributed by atoms with van der Waals surface area (Å²) in [5, 5.41) is 13.5. The van der Waals surface area contributed by atoms with Gasteiger partial charge in [0.2, 0.25) is 5.91 Å². The van der Waals surface area contributed by atoms with Gasteiger partial charge in [0.15, 0.2) is 5.96 Å². The Balaban J connectivity index is 0.00000288. The predicted molar refractivity (Wildman–Crippen MR) is 102 cm³/mol. The number of aromatic nitrogens is 3. The van der Waals surface area contributed by atoms with Crippen LogP contribution in [0.5, 0.6) is 0 Å². The summed E-state index contributed by atoms with van der Waals surface area (Å²) in [6.45, 7) is 3.82. The number of aliphatic imine (C=N–C) groups is 1. The van der Waals surface area contributed by atoms with Crippen LogP contribution in [0.3, 0.4) is 0 Å². The molecule has 0 saturated carbocycles. The fraction of sp³-hybridized carbons (Fsp3) is 0.714. The topological polar surface area (TPSA) is 105 Å². The molecule has 136 valence electrons. The van der Waals surface area contributed by atoms with Gasteiger partial charge in [0.25, 0.3) is 0 Å². The highest BCUT2D eigenvalue weighted by molar-refractivity contribution is 14.0. The van der Waals surface area contributed by atoms with Gasteiger partial charge in [0.05, 0.1) is 19.7 Å². The molecule has 1 atom stereocenters. The summed E-state index contributed by atoms with van der Waals surface area (Å²) in [7, 11) is 3.29. The Hall–Kier alpha value is -1.43. The Kier molecular flexibility index (Phi) is 8.97. The zero-order valence-corrected chi connectivity index (χ0v) is 16.7. The smallest absolute Gasteiger partial charge is 0.239 e. The summed E-state index contributed by atoms with van der Waals surface area (Å²) in [4.78, 5) is 20.2. The fourth-order valence-electron chi connectivity index (χ4n) is 2.46. The molecular formula is C14H26IN7O2. The third-order valence-corrected chi connectivity index (χ3v) is 3.57. The summed E-state index contributed by atoms with van der Waals surface area (Å²) in [6.07, 6.45) is 1.84. The summed E-state index contributed by atoms with van der Waals surface area (Å²) >= 11 is 0. The van der Waals surface area contributed by atoms with Crippen molar-refractivity contribution in [2.45, 2.75) is 32.4 Å². The van der Waals surface area contributed by atoms with E-state index >= 15 is 0 Å². The van der Waals surface area contributed by atoms with Crippen molar-refractivity contribution in [2.75, 3.05) is 33.9 Å². The number of hydrogen-bond donors (Lipinski definition) is 3. The molecule has 0 fully saturated rings. The predicted octanol–water partition coefficient (Wildman–Crippen LogP) is -0.553. The molecule has 1 unspecified atom stereocenters. The average Bonchev–Trinajstić information content (AvgIpc) is 2.91. The van der Waals surface area contributed by atoms with Crippen LogP contribution in [0.15, 0.2) is 4.99 Å². The van der Waals surface area contributed by atoms with Crippen molar-refractivity contribution in [3.63, 3.8) is 0 Å². The van der Waals surface area contributed by atoms with Gasteiger partial charge in [0, 0.05) is 33.2 Å². The Bertz CT molecular complexity index is 561. The number of aryl methyl sites for hydroxylation is 2. The van der Waals surface area contributed by atoms with Gasteiger partial charge in [-0.15, -0.1) is 24.0 Å². The van der Waals surface area contributed by atoms with Crippen LogP contribution in [0.1, 0.15) is 18.1 Å². The van der Waals surface area contributed by atoms with Crippen LogP contribution >= 0.6 is 24.0 Å². The van der Waals surface area contributed by atoms with E-state index in [4.69, 9.17) is 4.74 Å². The maximum Gasteiger partial charge on any atom is 0.239 e. The summed E-state index contributed by atoms with van der Waals surface area (Å²) < 4.78 is 6.82. The minimum atomic E-state index is -0.0946. The van der Waals surface area contributed by atoms with E-state index in [9.17, 15) is 4.79 Å². The first kappa shape index (κ1) is 20.6. The number of nitrogens with zero attached hydrogens (tertiary/aromatic N) is 4. The molecule has 1 aliphatic heterocycles. The Morgan fingerprint density at radius 2 is 2.25 bits per heavy atom. The Morgan fingerprint density at radius 1 is 1.46 bits per heavy atom. The second-order valence-electron chi connectivity index (χ2n) is 5.41. The summed E-state index contributed by atoms with van der Waals surface area (Å²) in [5.41, 5.74) is 0. The van der Waals surface area contributed by atoms with Crippen molar-refractivity contribution >= 4 is 35.8 Å². The lowest BCUT2D eigenvalue weighted by Gasteiger charge is -2.25. The monoisotopic (exact) mass is 451 g/mol. The van der Waals surface area contributed by atoms with Gasteiger partial charge in [-0.1, -0.05) is 0 Å². The lowest BCUT2D eigenvalue weighted by Crippen LogP contribution is -2.49. The average molecular weight is 451 g/mol. The number of carbonyl (C=O) groups excluding carboxylic acids is 1. The SMILES string of the molecule is CN=C(NCC(=O)NCCOC)NC1CCc2nc(C)nn2C1.I. The molecule has 2 rings (SSSR count). The first-order chi connectivity index (χ1) is 11.1. The third-order valence-electron chi connectivity index (χ3n) is 3.57. The van der Waals surface area contributed by atoms with Crippen LogP contribution in [-0.2, 0) is 22.5 Å². The van der Waals surface area contributed by atoms with E-state index < -0.39 is 0 Å². The molecule has 9 nitrogen and oxygen atoms in total. The van der Waals surface area contributed by atoms with E-state index in [1.165, 1.54) is 0 Å². The number of hydrogen-bond acceptors (Lipinski definition) is 5. The Labute approximate surface area is 159 Å². The number of rotatable bonds is 6. The van der Waals surface area contributed by atoms with Gasteiger partial charge in [-0.05, 0) is 13.3 Å². The van der Waals surface area contributed by atoms with Crippen molar-refractivity contribution in [1.29, 1.82) is 0 Å². The molecule has 1 aromatic rings. The van der Waals surface area contributed by atoms with Gasteiger partial charge < -0.3 is 20.7 Å². The van der Waals surface area contributed by atoms with E-state index in [0.717, 1.165) is 31.0 Å².